The summed E-state index contributed by atoms with van der Waals surface area (Å²) in [5, 5.41) is 19.0. The van der Waals surface area contributed by atoms with Gasteiger partial charge in [0.15, 0.2) is 5.66 Å². The molecule has 7 heteroatoms. The average molecular weight is 286 g/mol. The minimum absolute atomic E-state index is 0.0108. The van der Waals surface area contributed by atoms with E-state index in [2.05, 4.69) is 31.7 Å². The number of nitrogens with one attached hydrogen (secondary N) is 1. The second kappa shape index (κ2) is 5.64. The van der Waals surface area contributed by atoms with E-state index in [0.29, 0.717) is 19.4 Å². The van der Waals surface area contributed by atoms with E-state index >= 15 is 0 Å². The maximum atomic E-state index is 12.3. The number of rotatable bonds is 6. The second-order valence-corrected chi connectivity index (χ2v) is 5.50. The van der Waals surface area contributed by atoms with Gasteiger partial charge in [-0.15, -0.1) is 22.5 Å². The first-order chi connectivity index (χ1) is 10.2. The largest absolute Gasteiger partial charge is 0.355 e. The van der Waals surface area contributed by atoms with Crippen molar-refractivity contribution in [1.29, 1.82) is 0 Å². The third kappa shape index (κ3) is 2.94. The van der Waals surface area contributed by atoms with E-state index in [4.69, 9.17) is 6.42 Å². The Hall–Kier alpha value is -2.23. The van der Waals surface area contributed by atoms with Gasteiger partial charge in [-0.3, -0.25) is 4.79 Å². The lowest BCUT2D eigenvalue weighted by molar-refractivity contribution is -0.123. The Morgan fingerprint density at radius 2 is 2.38 bits per heavy atom. The highest BCUT2D eigenvalue weighted by molar-refractivity contribution is 5.82. The second-order valence-electron chi connectivity index (χ2n) is 5.50. The van der Waals surface area contributed by atoms with Crippen molar-refractivity contribution >= 4 is 5.91 Å². The molecule has 1 aromatic heterocycles. The quantitative estimate of drug-likeness (QED) is 0.798. The van der Waals surface area contributed by atoms with Crippen LogP contribution in [0.15, 0.2) is 16.6 Å². The summed E-state index contributed by atoms with van der Waals surface area (Å²) in [5.74, 6) is 3.18. The fraction of sp³-hybridized carbons (Fsp3) is 0.643. The molecule has 3 rings (SSSR count). The third-order valence-electron chi connectivity index (χ3n) is 4.04. The van der Waals surface area contributed by atoms with Crippen LogP contribution < -0.4 is 5.32 Å². The van der Waals surface area contributed by atoms with E-state index in [1.807, 2.05) is 4.57 Å². The molecule has 1 aromatic rings. The van der Waals surface area contributed by atoms with Gasteiger partial charge in [-0.2, -0.15) is 10.2 Å². The Morgan fingerprint density at radius 1 is 1.52 bits per heavy atom. The molecular weight excluding hydrogens is 268 g/mol. The van der Waals surface area contributed by atoms with Gasteiger partial charge in [0.2, 0.25) is 5.91 Å². The van der Waals surface area contributed by atoms with Gasteiger partial charge in [-0.05, 0) is 12.8 Å². The number of hydrogen-bond donors (Lipinski definition) is 1. The Kier molecular flexibility index (Phi) is 3.69. The van der Waals surface area contributed by atoms with Crippen LogP contribution in [0, 0.1) is 12.3 Å². The number of hydrogen-bond acceptors (Lipinski definition) is 5. The van der Waals surface area contributed by atoms with Gasteiger partial charge in [0.1, 0.15) is 12.2 Å². The Balaban J connectivity index is 1.49. The molecule has 1 amide bonds. The van der Waals surface area contributed by atoms with Crippen LogP contribution in [0.25, 0.3) is 0 Å². The summed E-state index contributed by atoms with van der Waals surface area (Å²) >= 11 is 0. The molecule has 1 unspecified atom stereocenters. The first-order valence-corrected chi connectivity index (χ1v) is 7.27. The van der Waals surface area contributed by atoms with Gasteiger partial charge >= 0.3 is 0 Å². The molecule has 0 aliphatic carbocycles. The predicted molar refractivity (Wildman–Crippen MR) is 75.3 cm³/mol. The highest BCUT2D eigenvalue weighted by atomic mass is 16.1. The maximum Gasteiger partial charge on any atom is 0.230 e. The number of carbonyl (C=O) groups is 1. The fourth-order valence-electron chi connectivity index (χ4n) is 2.73. The van der Waals surface area contributed by atoms with Gasteiger partial charge in [-0.25, -0.2) is 0 Å². The van der Waals surface area contributed by atoms with Crippen LogP contribution in [0.4, 0.5) is 0 Å². The van der Waals surface area contributed by atoms with E-state index in [0.717, 1.165) is 31.6 Å². The molecule has 3 heterocycles. The molecule has 0 saturated heterocycles. The summed E-state index contributed by atoms with van der Waals surface area (Å²) in [7, 11) is 0. The molecule has 1 atom stereocenters. The zero-order chi connectivity index (χ0) is 14.7. The molecular formula is C14H18N6O. The van der Waals surface area contributed by atoms with E-state index < -0.39 is 0 Å². The third-order valence-corrected chi connectivity index (χ3v) is 4.04. The summed E-state index contributed by atoms with van der Waals surface area (Å²) in [4.78, 5) is 12.3. The van der Waals surface area contributed by atoms with Crippen LogP contribution >= 0.6 is 0 Å². The van der Waals surface area contributed by atoms with Crippen molar-refractivity contribution in [2.24, 2.45) is 10.2 Å². The van der Waals surface area contributed by atoms with Crippen LogP contribution in [-0.2, 0) is 11.3 Å². The Morgan fingerprint density at radius 3 is 3.14 bits per heavy atom. The van der Waals surface area contributed by atoms with Gasteiger partial charge in [-0.1, -0.05) is 0 Å². The number of aryl methyl sites for hydroxylation is 1. The van der Waals surface area contributed by atoms with E-state index in [1.165, 1.54) is 0 Å². The molecule has 110 valence electrons. The van der Waals surface area contributed by atoms with Crippen molar-refractivity contribution in [3.8, 4) is 12.3 Å². The minimum Gasteiger partial charge on any atom is -0.355 e. The predicted octanol–water partition coefficient (Wildman–Crippen LogP) is 1.24. The molecule has 21 heavy (non-hydrogen) atoms. The molecule has 0 radical (unpaired) electrons. The summed E-state index contributed by atoms with van der Waals surface area (Å²) in [5.41, 5.74) is -0.341. The van der Waals surface area contributed by atoms with Crippen LogP contribution in [-0.4, -0.2) is 32.9 Å². The highest BCUT2D eigenvalue weighted by Gasteiger charge is 2.39. The normalized spacial score (nSPS) is 21.4. The first-order valence-electron chi connectivity index (χ1n) is 7.27. The minimum atomic E-state index is -0.341. The highest BCUT2D eigenvalue weighted by Crippen LogP contribution is 2.36. The van der Waals surface area contributed by atoms with Crippen molar-refractivity contribution in [2.75, 3.05) is 6.54 Å². The zero-order valence-corrected chi connectivity index (χ0v) is 11.8. The lowest BCUT2D eigenvalue weighted by Crippen LogP contribution is -2.35. The molecule has 7 nitrogen and oxygen atoms in total. The van der Waals surface area contributed by atoms with Gasteiger partial charge < -0.3 is 9.88 Å². The fourth-order valence-corrected chi connectivity index (χ4v) is 2.73. The summed E-state index contributed by atoms with van der Waals surface area (Å²) in [6, 6.07) is 0. The SMILES string of the molecule is C#CCCC1(CCNC(=O)C2CCCn3cnnc32)N=N1. The lowest BCUT2D eigenvalue weighted by Gasteiger charge is -2.22. The molecule has 0 fully saturated rings. The maximum absolute atomic E-state index is 12.3. The molecule has 2 aliphatic rings. The zero-order valence-electron chi connectivity index (χ0n) is 11.8. The van der Waals surface area contributed by atoms with E-state index in [-0.39, 0.29) is 17.5 Å². The van der Waals surface area contributed by atoms with Crippen molar-refractivity contribution in [2.45, 2.75) is 50.2 Å². The van der Waals surface area contributed by atoms with Crippen LogP contribution in [0.1, 0.15) is 43.8 Å². The summed E-state index contributed by atoms with van der Waals surface area (Å²) in [6.45, 7) is 1.44. The summed E-state index contributed by atoms with van der Waals surface area (Å²) in [6.07, 6.45) is 10.9. The molecule has 0 saturated carbocycles. The summed E-state index contributed by atoms with van der Waals surface area (Å²) < 4.78 is 1.95. The molecule has 0 bridgehead atoms. The first kappa shape index (κ1) is 13.7. The Labute approximate surface area is 123 Å². The van der Waals surface area contributed by atoms with Crippen molar-refractivity contribution in [3.05, 3.63) is 12.2 Å². The van der Waals surface area contributed by atoms with Crippen molar-refractivity contribution < 1.29 is 4.79 Å². The van der Waals surface area contributed by atoms with E-state index in [1.54, 1.807) is 6.33 Å². The molecule has 2 aliphatic heterocycles. The molecule has 0 spiro atoms. The molecule has 1 N–H and O–H groups in total. The monoisotopic (exact) mass is 286 g/mol. The Bertz CT molecular complexity index is 593. The van der Waals surface area contributed by atoms with Crippen molar-refractivity contribution in [3.63, 3.8) is 0 Å². The van der Waals surface area contributed by atoms with Crippen molar-refractivity contribution in [1.82, 2.24) is 20.1 Å². The van der Waals surface area contributed by atoms with Crippen LogP contribution in [0.5, 0.6) is 0 Å². The van der Waals surface area contributed by atoms with Gasteiger partial charge in [0, 0.05) is 32.4 Å². The number of terminal acetylenes is 1. The van der Waals surface area contributed by atoms with E-state index in [9.17, 15) is 4.79 Å². The van der Waals surface area contributed by atoms with Gasteiger partial charge in [0.05, 0.1) is 5.92 Å². The average Bonchev–Trinajstić information content (AvgIpc) is 3.09. The molecule has 0 aromatic carbocycles. The number of fused-ring (bicyclic) bond motifs is 1. The van der Waals surface area contributed by atoms with Gasteiger partial charge in [0.25, 0.3) is 0 Å². The number of carbonyl (C=O) groups excluding carboxylic acids is 1. The number of aromatic nitrogens is 3. The number of nitrogens with zero attached hydrogens (tertiary/aromatic N) is 5. The topological polar surface area (TPSA) is 84.5 Å². The van der Waals surface area contributed by atoms with Crippen LogP contribution in [0.3, 0.4) is 0 Å². The number of amides is 1. The smallest absolute Gasteiger partial charge is 0.230 e. The lowest BCUT2D eigenvalue weighted by atomic mass is 9.97. The standard InChI is InChI=1S/C14H18N6O/c1-2-3-6-14(18-19-14)7-8-15-13(21)11-5-4-9-20-10-16-17-12(11)20/h1,10-11H,3-9H2,(H,15,21). The van der Waals surface area contributed by atoms with Crippen LogP contribution in [0.2, 0.25) is 0 Å².